The van der Waals surface area contributed by atoms with Crippen molar-refractivity contribution in [2.45, 2.75) is 12.5 Å². The van der Waals surface area contributed by atoms with Gasteiger partial charge in [0, 0.05) is 18.0 Å². The molecule has 1 atom stereocenters. The number of nitro groups is 1. The third-order valence-electron chi connectivity index (χ3n) is 4.10. The van der Waals surface area contributed by atoms with Crippen molar-refractivity contribution in [1.82, 2.24) is 9.88 Å². The van der Waals surface area contributed by atoms with E-state index in [4.69, 9.17) is 5.73 Å². The van der Waals surface area contributed by atoms with Crippen molar-refractivity contribution in [2.75, 3.05) is 20.6 Å². The second kappa shape index (κ2) is 5.81. The number of rotatable bonds is 4. The molecule has 0 aliphatic heterocycles. The Balaban J connectivity index is 2.51. The summed E-state index contributed by atoms with van der Waals surface area (Å²) >= 11 is 0. The van der Waals surface area contributed by atoms with Gasteiger partial charge in [-0.25, -0.2) is 4.98 Å². The predicted octanol–water partition coefficient (Wildman–Crippen LogP) is 3.03. The highest BCUT2D eigenvalue weighted by molar-refractivity contribution is 6.02. The minimum absolute atomic E-state index is 0.0381. The van der Waals surface area contributed by atoms with Crippen LogP contribution in [-0.4, -0.2) is 35.4 Å². The molecule has 0 amide bonds. The van der Waals surface area contributed by atoms with Crippen molar-refractivity contribution in [3.8, 4) is 0 Å². The van der Waals surface area contributed by atoms with Gasteiger partial charge in [0.15, 0.2) is 0 Å². The van der Waals surface area contributed by atoms with Crippen molar-refractivity contribution in [3.63, 3.8) is 0 Å². The van der Waals surface area contributed by atoms with Crippen LogP contribution in [0.2, 0.25) is 0 Å². The van der Waals surface area contributed by atoms with E-state index >= 15 is 0 Å². The highest BCUT2D eigenvalue weighted by Gasteiger charge is 2.30. The molecule has 0 bridgehead atoms. The Hall–Kier alpha value is -2.57. The second-order valence-electron chi connectivity index (χ2n) is 6.59. The zero-order chi connectivity index (χ0) is 17.5. The maximum Gasteiger partial charge on any atom is 0.279 e. The van der Waals surface area contributed by atoms with Crippen LogP contribution in [0.1, 0.15) is 12.5 Å². The fourth-order valence-corrected chi connectivity index (χ4v) is 3.41. The Morgan fingerprint density at radius 1 is 1.17 bits per heavy atom. The second-order valence-corrected chi connectivity index (χ2v) is 6.59. The highest BCUT2D eigenvalue weighted by atomic mass is 16.6. The van der Waals surface area contributed by atoms with Crippen LogP contribution in [0.5, 0.6) is 0 Å². The van der Waals surface area contributed by atoms with Gasteiger partial charge in [0.1, 0.15) is 0 Å². The molecule has 2 N–H and O–H groups in total. The van der Waals surface area contributed by atoms with E-state index in [1.54, 1.807) is 12.1 Å². The van der Waals surface area contributed by atoms with Crippen LogP contribution in [0, 0.1) is 10.1 Å². The lowest BCUT2D eigenvalue weighted by Crippen LogP contribution is -2.43. The summed E-state index contributed by atoms with van der Waals surface area (Å²) in [5.41, 5.74) is 8.07. The van der Waals surface area contributed by atoms with E-state index in [0.29, 0.717) is 17.4 Å². The molecule has 0 saturated carbocycles. The van der Waals surface area contributed by atoms with Gasteiger partial charge in [-0.1, -0.05) is 24.3 Å². The van der Waals surface area contributed by atoms with Crippen LogP contribution in [0.4, 0.5) is 5.69 Å². The number of hydrogen-bond donors (Lipinski definition) is 1. The summed E-state index contributed by atoms with van der Waals surface area (Å²) in [4.78, 5) is 17.8. The monoisotopic (exact) mass is 324 g/mol. The van der Waals surface area contributed by atoms with Crippen LogP contribution >= 0.6 is 0 Å². The molecule has 0 aliphatic carbocycles. The van der Waals surface area contributed by atoms with Gasteiger partial charge in [0.25, 0.3) is 5.69 Å². The molecule has 24 heavy (non-hydrogen) atoms. The number of para-hydroxylation sites is 1. The molecular formula is C18H20N4O2. The number of nitrogens with two attached hydrogens (primary N) is 1. The molecule has 2 aromatic carbocycles. The average molecular weight is 324 g/mol. The van der Waals surface area contributed by atoms with Crippen molar-refractivity contribution in [1.29, 1.82) is 0 Å². The third-order valence-corrected chi connectivity index (χ3v) is 4.10. The Labute approximate surface area is 140 Å². The standard InChI is InChI=1S/C18H20N4O2/c1-18(19,11-21(2)3)17-12-7-4-5-8-13(12)20-14-9-6-10-15(16(14)17)22(23)24/h4-10H,11,19H2,1-3H3. The van der Waals surface area contributed by atoms with Crippen LogP contribution in [0.3, 0.4) is 0 Å². The van der Waals surface area contributed by atoms with Gasteiger partial charge >= 0.3 is 0 Å². The Bertz CT molecular complexity index is 935. The van der Waals surface area contributed by atoms with Crippen molar-refractivity contribution in [2.24, 2.45) is 5.73 Å². The number of nitrogens with zero attached hydrogens (tertiary/aromatic N) is 3. The molecule has 0 aliphatic rings. The summed E-state index contributed by atoms with van der Waals surface area (Å²) in [7, 11) is 3.87. The number of nitro benzene ring substituents is 1. The smallest absolute Gasteiger partial charge is 0.279 e. The maximum absolute atomic E-state index is 11.6. The molecule has 6 heteroatoms. The van der Waals surface area contributed by atoms with Crippen LogP contribution in [-0.2, 0) is 5.54 Å². The van der Waals surface area contributed by atoms with E-state index in [2.05, 4.69) is 4.98 Å². The summed E-state index contributed by atoms with van der Waals surface area (Å²) in [5.74, 6) is 0. The highest BCUT2D eigenvalue weighted by Crippen LogP contribution is 2.37. The SMILES string of the molecule is CN(C)CC(C)(N)c1c2ccccc2nc2cccc([N+](=O)[O-])c12. The molecular weight excluding hydrogens is 304 g/mol. The largest absolute Gasteiger partial charge is 0.321 e. The van der Waals surface area contributed by atoms with E-state index in [1.807, 2.05) is 50.2 Å². The lowest BCUT2D eigenvalue weighted by molar-refractivity contribution is -0.383. The van der Waals surface area contributed by atoms with Crippen LogP contribution in [0.25, 0.3) is 21.8 Å². The molecule has 124 valence electrons. The number of likely N-dealkylation sites (N-methyl/N-ethyl adjacent to an activating group) is 1. The molecule has 3 aromatic rings. The first-order chi connectivity index (χ1) is 11.3. The van der Waals surface area contributed by atoms with Gasteiger partial charge in [-0.2, -0.15) is 0 Å². The average Bonchev–Trinajstić information content (AvgIpc) is 2.50. The summed E-state index contributed by atoms with van der Waals surface area (Å²) < 4.78 is 0. The maximum atomic E-state index is 11.6. The topological polar surface area (TPSA) is 85.3 Å². The Morgan fingerprint density at radius 3 is 2.50 bits per heavy atom. The molecule has 0 saturated heterocycles. The molecule has 1 aromatic heterocycles. The van der Waals surface area contributed by atoms with Crippen molar-refractivity contribution < 1.29 is 4.92 Å². The van der Waals surface area contributed by atoms with Crippen LogP contribution < -0.4 is 5.73 Å². The Kier molecular flexibility index (Phi) is 3.95. The van der Waals surface area contributed by atoms with Crippen molar-refractivity contribution >= 4 is 27.5 Å². The molecule has 0 spiro atoms. The van der Waals surface area contributed by atoms with E-state index < -0.39 is 5.54 Å². The van der Waals surface area contributed by atoms with E-state index in [9.17, 15) is 10.1 Å². The first-order valence-electron chi connectivity index (χ1n) is 7.71. The molecule has 3 rings (SSSR count). The summed E-state index contributed by atoms with van der Waals surface area (Å²) in [6, 6.07) is 12.6. The summed E-state index contributed by atoms with van der Waals surface area (Å²) in [6.07, 6.45) is 0. The van der Waals surface area contributed by atoms with Gasteiger partial charge in [-0.3, -0.25) is 10.1 Å². The number of fused-ring (bicyclic) bond motifs is 2. The third kappa shape index (κ3) is 2.70. The lowest BCUT2D eigenvalue weighted by Gasteiger charge is -2.30. The molecule has 6 nitrogen and oxygen atoms in total. The molecule has 1 heterocycles. The molecule has 0 radical (unpaired) electrons. The minimum Gasteiger partial charge on any atom is -0.321 e. The zero-order valence-electron chi connectivity index (χ0n) is 14.0. The summed E-state index contributed by atoms with van der Waals surface area (Å²) in [6.45, 7) is 2.47. The number of pyridine rings is 1. The quantitative estimate of drug-likeness (QED) is 0.453. The normalized spacial score (nSPS) is 14.2. The number of non-ortho nitro benzene ring substituents is 1. The van der Waals surface area contributed by atoms with Crippen LogP contribution in [0.15, 0.2) is 42.5 Å². The van der Waals surface area contributed by atoms with Gasteiger partial charge in [0.2, 0.25) is 0 Å². The van der Waals surface area contributed by atoms with E-state index in [-0.39, 0.29) is 10.6 Å². The fraction of sp³-hybridized carbons (Fsp3) is 0.278. The number of hydrogen-bond acceptors (Lipinski definition) is 5. The molecule has 0 fully saturated rings. The Morgan fingerprint density at radius 2 is 1.83 bits per heavy atom. The summed E-state index contributed by atoms with van der Waals surface area (Å²) in [5, 5.41) is 13.0. The van der Waals surface area contributed by atoms with Gasteiger partial charge in [-0.05, 0) is 38.7 Å². The van der Waals surface area contributed by atoms with E-state index in [0.717, 1.165) is 16.5 Å². The van der Waals surface area contributed by atoms with Gasteiger partial charge in [0.05, 0.1) is 26.9 Å². The first-order valence-corrected chi connectivity index (χ1v) is 7.71. The fourth-order valence-electron chi connectivity index (χ4n) is 3.41. The lowest BCUT2D eigenvalue weighted by atomic mass is 9.86. The minimum atomic E-state index is -0.767. The van der Waals surface area contributed by atoms with Gasteiger partial charge < -0.3 is 10.6 Å². The van der Waals surface area contributed by atoms with Crippen molar-refractivity contribution in [3.05, 3.63) is 58.1 Å². The number of benzene rings is 2. The number of aromatic nitrogens is 1. The molecule has 1 unspecified atom stereocenters. The van der Waals surface area contributed by atoms with E-state index in [1.165, 1.54) is 6.07 Å². The first kappa shape index (κ1) is 16.3. The van der Waals surface area contributed by atoms with Gasteiger partial charge in [-0.15, -0.1) is 0 Å². The predicted molar refractivity (Wildman–Crippen MR) is 96.0 cm³/mol. The zero-order valence-corrected chi connectivity index (χ0v) is 14.0.